The van der Waals surface area contributed by atoms with Crippen LogP contribution in [0.15, 0.2) is 72.4 Å². The van der Waals surface area contributed by atoms with E-state index in [1.54, 1.807) is 7.11 Å². The van der Waals surface area contributed by atoms with E-state index in [0.29, 0.717) is 17.5 Å². The number of para-hydroxylation sites is 1. The number of amides is 1. The number of allylic oxidation sites excluding steroid dienone is 1. The maximum atomic E-state index is 13.2. The molecule has 0 unspecified atom stereocenters. The molecule has 8 heteroatoms. The van der Waals surface area contributed by atoms with Gasteiger partial charge in [0, 0.05) is 39.3 Å². The summed E-state index contributed by atoms with van der Waals surface area (Å²) in [7, 11) is 1.64. The molecule has 7 nitrogen and oxygen atoms in total. The number of carbonyl (C=O) groups excluding carboxylic acids is 1. The highest BCUT2D eigenvalue weighted by Gasteiger charge is 2.27. The average molecular weight is 478 g/mol. The van der Waals surface area contributed by atoms with Crippen molar-refractivity contribution in [1.29, 1.82) is 0 Å². The summed E-state index contributed by atoms with van der Waals surface area (Å²) in [4.78, 5) is 17.6. The number of nitrogens with zero attached hydrogens (tertiary/aromatic N) is 5. The summed E-state index contributed by atoms with van der Waals surface area (Å²) in [6, 6.07) is 18.2. The van der Waals surface area contributed by atoms with Crippen molar-refractivity contribution in [1.82, 2.24) is 24.6 Å². The van der Waals surface area contributed by atoms with E-state index in [9.17, 15) is 4.79 Å². The molecule has 0 bridgehead atoms. The minimum Gasteiger partial charge on any atom is -0.496 e. The van der Waals surface area contributed by atoms with Crippen LogP contribution in [0, 0.1) is 0 Å². The summed E-state index contributed by atoms with van der Waals surface area (Å²) >= 11 is 1.44. The number of aromatic nitrogens is 3. The van der Waals surface area contributed by atoms with Gasteiger partial charge in [0.1, 0.15) is 5.75 Å². The highest BCUT2D eigenvalue weighted by atomic mass is 32.2. The standard InChI is InChI=1S/C26H31N5O2S/c1-4-14-31-24(22-12-8-9-13-23(22)33-3)27-28-26(31)34-20(2)25(32)30-17-15-29(16-18-30)19-21-10-6-5-7-11-21/h4-13,20H,1,14-19H2,2-3H3/t20-/m0/s1. The maximum Gasteiger partial charge on any atom is 0.235 e. The van der Waals surface area contributed by atoms with E-state index in [4.69, 9.17) is 4.74 Å². The van der Waals surface area contributed by atoms with Crippen molar-refractivity contribution in [3.8, 4) is 17.1 Å². The lowest BCUT2D eigenvalue weighted by Gasteiger charge is -2.35. The van der Waals surface area contributed by atoms with E-state index < -0.39 is 0 Å². The molecular weight excluding hydrogens is 446 g/mol. The molecule has 0 N–H and O–H groups in total. The first-order chi connectivity index (χ1) is 16.6. The zero-order valence-electron chi connectivity index (χ0n) is 19.8. The normalized spacial score (nSPS) is 15.2. The van der Waals surface area contributed by atoms with Gasteiger partial charge < -0.3 is 9.64 Å². The van der Waals surface area contributed by atoms with Gasteiger partial charge in [-0.2, -0.15) is 0 Å². The third-order valence-corrected chi connectivity index (χ3v) is 7.01. The fraction of sp³-hybridized carbons (Fsp3) is 0.346. The highest BCUT2D eigenvalue weighted by Crippen LogP contribution is 2.32. The minimum absolute atomic E-state index is 0.136. The van der Waals surface area contributed by atoms with Crippen molar-refractivity contribution in [2.75, 3.05) is 33.3 Å². The van der Waals surface area contributed by atoms with Crippen LogP contribution in [-0.4, -0.2) is 69.0 Å². The number of carbonyl (C=O) groups is 1. The fourth-order valence-electron chi connectivity index (χ4n) is 4.13. The van der Waals surface area contributed by atoms with Crippen LogP contribution in [0.25, 0.3) is 11.4 Å². The molecule has 0 radical (unpaired) electrons. The Morgan fingerprint density at radius 2 is 1.79 bits per heavy atom. The van der Waals surface area contributed by atoms with E-state index in [1.807, 2.05) is 52.8 Å². The Kier molecular flexibility index (Phi) is 8.03. The number of hydrogen-bond acceptors (Lipinski definition) is 6. The molecule has 2 heterocycles. The topological polar surface area (TPSA) is 63.5 Å². The maximum absolute atomic E-state index is 13.2. The van der Waals surface area contributed by atoms with E-state index >= 15 is 0 Å². The molecule has 1 amide bonds. The number of thioether (sulfide) groups is 1. The molecule has 1 atom stereocenters. The zero-order chi connectivity index (χ0) is 23.9. The Morgan fingerprint density at radius 1 is 1.09 bits per heavy atom. The monoisotopic (exact) mass is 477 g/mol. The number of rotatable bonds is 9. The van der Waals surface area contributed by atoms with Gasteiger partial charge in [-0.15, -0.1) is 16.8 Å². The largest absolute Gasteiger partial charge is 0.496 e. The van der Waals surface area contributed by atoms with Crippen molar-refractivity contribution in [2.45, 2.75) is 30.4 Å². The van der Waals surface area contributed by atoms with Crippen LogP contribution in [0.1, 0.15) is 12.5 Å². The van der Waals surface area contributed by atoms with Crippen molar-refractivity contribution in [2.24, 2.45) is 0 Å². The second kappa shape index (κ2) is 11.4. The van der Waals surface area contributed by atoms with Gasteiger partial charge in [-0.1, -0.05) is 60.3 Å². The van der Waals surface area contributed by atoms with Crippen LogP contribution in [0.2, 0.25) is 0 Å². The van der Waals surface area contributed by atoms with Crippen molar-refractivity contribution >= 4 is 17.7 Å². The molecule has 1 fully saturated rings. The molecule has 1 saturated heterocycles. The smallest absolute Gasteiger partial charge is 0.235 e. The summed E-state index contributed by atoms with van der Waals surface area (Å²) in [5.74, 6) is 1.57. The fourth-order valence-corrected chi connectivity index (χ4v) is 5.07. The van der Waals surface area contributed by atoms with Crippen LogP contribution in [0.3, 0.4) is 0 Å². The summed E-state index contributed by atoms with van der Waals surface area (Å²) in [5.41, 5.74) is 2.17. The van der Waals surface area contributed by atoms with Gasteiger partial charge in [0.05, 0.1) is 17.9 Å². The van der Waals surface area contributed by atoms with Crippen LogP contribution < -0.4 is 4.74 Å². The van der Waals surface area contributed by atoms with E-state index in [2.05, 4.69) is 45.9 Å². The van der Waals surface area contributed by atoms with Crippen molar-refractivity contribution in [3.63, 3.8) is 0 Å². The predicted octanol–water partition coefficient (Wildman–Crippen LogP) is 3.96. The van der Waals surface area contributed by atoms with Gasteiger partial charge in [0.2, 0.25) is 5.91 Å². The summed E-state index contributed by atoms with van der Waals surface area (Å²) in [5, 5.41) is 9.26. The molecule has 4 rings (SSSR count). The Bertz CT molecular complexity index is 1110. The first-order valence-corrected chi connectivity index (χ1v) is 12.4. The lowest BCUT2D eigenvalue weighted by Crippen LogP contribution is -2.50. The molecule has 178 valence electrons. The van der Waals surface area contributed by atoms with Crippen molar-refractivity contribution in [3.05, 3.63) is 72.8 Å². The number of piperazine rings is 1. The van der Waals surface area contributed by atoms with E-state index in [-0.39, 0.29) is 11.2 Å². The molecule has 3 aromatic rings. The first-order valence-electron chi connectivity index (χ1n) is 11.5. The average Bonchev–Trinajstić information content (AvgIpc) is 3.26. The first kappa shape index (κ1) is 24.0. The minimum atomic E-state index is -0.265. The van der Waals surface area contributed by atoms with E-state index in [1.165, 1.54) is 17.3 Å². The van der Waals surface area contributed by atoms with Gasteiger partial charge >= 0.3 is 0 Å². The molecule has 2 aromatic carbocycles. The molecule has 1 aromatic heterocycles. The molecule has 0 aliphatic carbocycles. The van der Waals surface area contributed by atoms with Gasteiger partial charge in [0.15, 0.2) is 11.0 Å². The van der Waals surface area contributed by atoms with Crippen LogP contribution >= 0.6 is 11.8 Å². The van der Waals surface area contributed by atoms with E-state index in [0.717, 1.165) is 44.0 Å². The quantitative estimate of drug-likeness (QED) is 0.343. The lowest BCUT2D eigenvalue weighted by molar-refractivity contribution is -0.132. The Hall–Kier alpha value is -3.10. The third kappa shape index (κ3) is 5.51. The molecule has 1 aliphatic rings. The molecular formula is C26H31N5O2S. The van der Waals surface area contributed by atoms with Gasteiger partial charge in [0.25, 0.3) is 0 Å². The zero-order valence-corrected chi connectivity index (χ0v) is 20.6. The summed E-state index contributed by atoms with van der Waals surface area (Å²) < 4.78 is 7.49. The lowest BCUT2D eigenvalue weighted by atomic mass is 10.2. The SMILES string of the molecule is C=CCn1c(S[C@@H](C)C(=O)N2CCN(Cc3ccccc3)CC2)nnc1-c1ccccc1OC. The predicted molar refractivity (Wildman–Crippen MR) is 136 cm³/mol. The van der Waals surface area contributed by atoms with Gasteiger partial charge in [-0.25, -0.2) is 0 Å². The summed E-state index contributed by atoms with van der Waals surface area (Å²) in [6.45, 7) is 10.5. The Morgan fingerprint density at radius 3 is 2.50 bits per heavy atom. The third-order valence-electron chi connectivity index (χ3n) is 5.94. The van der Waals surface area contributed by atoms with Gasteiger partial charge in [-0.05, 0) is 24.6 Å². The number of methoxy groups -OCH3 is 1. The van der Waals surface area contributed by atoms with Crippen LogP contribution in [0.5, 0.6) is 5.75 Å². The summed E-state index contributed by atoms with van der Waals surface area (Å²) in [6.07, 6.45) is 1.81. The molecule has 0 spiro atoms. The van der Waals surface area contributed by atoms with Crippen LogP contribution in [0.4, 0.5) is 0 Å². The second-order valence-electron chi connectivity index (χ2n) is 8.25. The molecule has 1 aliphatic heterocycles. The molecule has 34 heavy (non-hydrogen) atoms. The second-order valence-corrected chi connectivity index (χ2v) is 9.56. The van der Waals surface area contributed by atoms with Gasteiger partial charge in [-0.3, -0.25) is 14.3 Å². The Labute approximate surface area is 205 Å². The molecule has 0 saturated carbocycles. The Balaban J connectivity index is 1.40. The number of ether oxygens (including phenoxy) is 1. The highest BCUT2D eigenvalue weighted by molar-refractivity contribution is 8.00. The number of hydrogen-bond donors (Lipinski definition) is 0. The van der Waals surface area contributed by atoms with Crippen molar-refractivity contribution < 1.29 is 9.53 Å². The van der Waals surface area contributed by atoms with Crippen LogP contribution in [-0.2, 0) is 17.9 Å². The number of benzene rings is 2.